The van der Waals surface area contributed by atoms with Crippen molar-refractivity contribution in [3.05, 3.63) is 76.6 Å². The second-order valence-corrected chi connectivity index (χ2v) is 14.5. The molecule has 3 atom stereocenters. The van der Waals surface area contributed by atoms with Gasteiger partial charge in [0.1, 0.15) is 5.82 Å². The molecule has 48 heavy (non-hydrogen) atoms. The molecular weight excluding hydrogens is 625 g/mol. The van der Waals surface area contributed by atoms with Crippen LogP contribution in [0.2, 0.25) is 0 Å². The first-order valence-corrected chi connectivity index (χ1v) is 17.9. The van der Waals surface area contributed by atoms with Gasteiger partial charge in [0.25, 0.3) is 5.91 Å². The van der Waals surface area contributed by atoms with Gasteiger partial charge in [-0.05, 0) is 73.1 Å². The SMILES string of the molecule is CO[C@H]1C[C@@H](Nc2nccc3cc(-c4c5c(nc(CCC6CCOCC6)c4-c4nnc(C)o4)[C@H]4CCCN4C5=O)sc23)c2ccccc21. The Morgan fingerprint density at radius 3 is 2.73 bits per heavy atom. The molecule has 4 aromatic heterocycles. The van der Waals surface area contributed by atoms with Crippen molar-refractivity contribution in [2.24, 2.45) is 5.92 Å². The number of anilines is 1. The van der Waals surface area contributed by atoms with Crippen LogP contribution in [0, 0.1) is 12.8 Å². The van der Waals surface area contributed by atoms with Gasteiger partial charge >= 0.3 is 0 Å². The number of benzene rings is 1. The summed E-state index contributed by atoms with van der Waals surface area (Å²) in [6.45, 7) is 4.17. The molecule has 246 valence electrons. The Morgan fingerprint density at radius 1 is 1.06 bits per heavy atom. The highest BCUT2D eigenvalue weighted by atomic mass is 32.1. The quantitative estimate of drug-likeness (QED) is 0.179. The molecule has 10 nitrogen and oxygen atoms in total. The molecule has 2 fully saturated rings. The number of aromatic nitrogens is 4. The van der Waals surface area contributed by atoms with E-state index in [-0.39, 0.29) is 24.1 Å². The summed E-state index contributed by atoms with van der Waals surface area (Å²) in [5, 5.41) is 13.6. The zero-order chi connectivity index (χ0) is 32.4. The lowest BCUT2D eigenvalue weighted by atomic mass is 9.90. The maximum atomic E-state index is 14.2. The predicted octanol–water partition coefficient (Wildman–Crippen LogP) is 7.61. The molecule has 9 rings (SSSR count). The van der Waals surface area contributed by atoms with Crippen LogP contribution in [0.4, 0.5) is 5.82 Å². The summed E-state index contributed by atoms with van der Waals surface area (Å²) in [7, 11) is 1.77. The van der Waals surface area contributed by atoms with E-state index in [4.69, 9.17) is 23.9 Å². The summed E-state index contributed by atoms with van der Waals surface area (Å²) in [6.07, 6.45) is 8.51. The van der Waals surface area contributed by atoms with Crippen LogP contribution < -0.4 is 5.32 Å². The number of hydrogen-bond acceptors (Lipinski definition) is 10. The Balaban J connectivity index is 1.19. The minimum Gasteiger partial charge on any atom is -0.421 e. The topological polar surface area (TPSA) is 116 Å². The predicted molar refractivity (Wildman–Crippen MR) is 183 cm³/mol. The van der Waals surface area contributed by atoms with Gasteiger partial charge in [-0.25, -0.2) is 4.98 Å². The van der Waals surface area contributed by atoms with E-state index in [1.165, 1.54) is 11.1 Å². The molecule has 1 aliphatic carbocycles. The second kappa shape index (κ2) is 12.0. The minimum atomic E-state index is 0.0102. The van der Waals surface area contributed by atoms with Crippen molar-refractivity contribution >= 4 is 33.1 Å². The number of fused-ring (bicyclic) bond motifs is 5. The zero-order valence-corrected chi connectivity index (χ0v) is 28.0. The highest BCUT2D eigenvalue weighted by molar-refractivity contribution is 7.23. The molecule has 11 heteroatoms. The van der Waals surface area contributed by atoms with Crippen molar-refractivity contribution < 1.29 is 18.7 Å². The van der Waals surface area contributed by atoms with Gasteiger partial charge in [-0.3, -0.25) is 9.78 Å². The van der Waals surface area contributed by atoms with E-state index in [0.29, 0.717) is 23.3 Å². The molecule has 0 bridgehead atoms. The number of methoxy groups -OCH3 is 1. The third kappa shape index (κ3) is 4.93. The van der Waals surface area contributed by atoms with Crippen LogP contribution in [0.1, 0.15) is 95.5 Å². The van der Waals surface area contributed by atoms with Gasteiger partial charge in [0.15, 0.2) is 0 Å². The van der Waals surface area contributed by atoms with Crippen LogP contribution in [0.3, 0.4) is 0 Å². The lowest BCUT2D eigenvalue weighted by Gasteiger charge is -2.22. The van der Waals surface area contributed by atoms with Gasteiger partial charge < -0.3 is 24.1 Å². The first kappa shape index (κ1) is 29.9. The van der Waals surface area contributed by atoms with Crippen LogP contribution in [0.15, 0.2) is 47.0 Å². The van der Waals surface area contributed by atoms with Gasteiger partial charge in [-0.15, -0.1) is 21.5 Å². The number of carbonyl (C=O) groups excluding carboxylic acids is 1. The van der Waals surface area contributed by atoms with Crippen LogP contribution in [-0.4, -0.2) is 57.8 Å². The van der Waals surface area contributed by atoms with Crippen molar-refractivity contribution in [2.45, 2.75) is 70.1 Å². The van der Waals surface area contributed by atoms with Crippen LogP contribution in [0.5, 0.6) is 0 Å². The summed E-state index contributed by atoms with van der Waals surface area (Å²) < 4.78 is 18.7. The molecular formula is C37H38N6O4S. The highest BCUT2D eigenvalue weighted by Gasteiger charge is 2.45. The number of nitrogens with one attached hydrogen (secondary N) is 1. The second-order valence-electron chi connectivity index (χ2n) is 13.4. The number of rotatable bonds is 8. The Morgan fingerprint density at radius 2 is 1.92 bits per heavy atom. The number of pyridine rings is 2. The van der Waals surface area contributed by atoms with Crippen LogP contribution >= 0.6 is 11.3 Å². The van der Waals surface area contributed by atoms with Crippen molar-refractivity contribution in [2.75, 3.05) is 32.2 Å². The molecule has 2 saturated heterocycles. The number of hydrogen-bond donors (Lipinski definition) is 1. The van der Waals surface area contributed by atoms with Gasteiger partial charge in [0.05, 0.1) is 45.4 Å². The number of aryl methyl sites for hydroxylation is 2. The summed E-state index contributed by atoms with van der Waals surface area (Å²) >= 11 is 1.65. The van der Waals surface area contributed by atoms with Crippen molar-refractivity contribution in [1.29, 1.82) is 0 Å². The van der Waals surface area contributed by atoms with E-state index < -0.39 is 0 Å². The maximum absolute atomic E-state index is 14.2. The van der Waals surface area contributed by atoms with E-state index in [1.807, 2.05) is 17.2 Å². The largest absolute Gasteiger partial charge is 0.421 e. The van der Waals surface area contributed by atoms with Gasteiger partial charge in [0, 0.05) is 56.9 Å². The molecule has 1 N–H and O–H groups in total. The molecule has 0 radical (unpaired) electrons. The number of ether oxygens (including phenoxy) is 2. The number of nitrogens with zero attached hydrogens (tertiary/aromatic N) is 5. The van der Waals surface area contributed by atoms with Crippen molar-refractivity contribution in [1.82, 2.24) is 25.1 Å². The normalized spacial score (nSPS) is 22.0. The first-order chi connectivity index (χ1) is 23.6. The summed E-state index contributed by atoms with van der Waals surface area (Å²) in [4.78, 5) is 27.4. The average molecular weight is 663 g/mol. The molecule has 1 amide bonds. The fraction of sp³-hybridized carbons (Fsp3) is 0.432. The minimum absolute atomic E-state index is 0.0102. The smallest absolute Gasteiger partial charge is 0.257 e. The third-order valence-corrected chi connectivity index (χ3v) is 11.8. The molecule has 3 aliphatic heterocycles. The van der Waals surface area contributed by atoms with E-state index in [1.54, 1.807) is 25.4 Å². The molecule has 0 spiro atoms. The molecule has 5 aromatic rings. The van der Waals surface area contributed by atoms with Gasteiger partial charge in [-0.1, -0.05) is 24.3 Å². The fourth-order valence-corrected chi connectivity index (χ4v) is 9.45. The molecule has 4 aliphatic rings. The van der Waals surface area contributed by atoms with Crippen molar-refractivity contribution in [3.63, 3.8) is 0 Å². The number of amides is 1. The molecule has 0 saturated carbocycles. The van der Waals surface area contributed by atoms with Crippen molar-refractivity contribution in [3.8, 4) is 21.9 Å². The maximum Gasteiger partial charge on any atom is 0.257 e. The molecule has 1 aromatic carbocycles. The first-order valence-electron chi connectivity index (χ1n) is 17.1. The summed E-state index contributed by atoms with van der Waals surface area (Å²) in [5.74, 6) is 2.35. The average Bonchev–Trinajstić information content (AvgIpc) is 3.95. The van der Waals surface area contributed by atoms with E-state index in [2.05, 4.69) is 45.8 Å². The monoisotopic (exact) mass is 662 g/mol. The number of carbonyl (C=O) groups is 1. The zero-order valence-electron chi connectivity index (χ0n) is 27.2. The summed E-state index contributed by atoms with van der Waals surface area (Å²) in [6, 6.07) is 12.8. The van der Waals surface area contributed by atoms with Gasteiger partial charge in [-0.2, -0.15) is 0 Å². The lowest BCUT2D eigenvalue weighted by Crippen LogP contribution is -2.22. The van der Waals surface area contributed by atoms with Crippen LogP contribution in [0.25, 0.3) is 32.0 Å². The van der Waals surface area contributed by atoms with E-state index in [0.717, 1.165) is 108 Å². The van der Waals surface area contributed by atoms with E-state index in [9.17, 15) is 4.79 Å². The molecule has 0 unspecified atom stereocenters. The van der Waals surface area contributed by atoms with Crippen LogP contribution in [-0.2, 0) is 15.9 Å². The third-order valence-electron chi connectivity index (χ3n) is 10.7. The number of thiophene rings is 1. The molecule has 7 heterocycles. The Hall–Kier alpha value is -4.19. The highest BCUT2D eigenvalue weighted by Crippen LogP contribution is 2.51. The lowest BCUT2D eigenvalue weighted by molar-refractivity contribution is 0.0639. The summed E-state index contributed by atoms with van der Waals surface area (Å²) in [5.41, 5.74) is 6.62. The van der Waals surface area contributed by atoms with Gasteiger partial charge in [0.2, 0.25) is 11.8 Å². The Kier molecular flexibility index (Phi) is 7.51. The Labute approximate surface area is 282 Å². The Bertz CT molecular complexity index is 2030. The fourth-order valence-electron chi connectivity index (χ4n) is 8.29. The van der Waals surface area contributed by atoms with E-state index >= 15 is 0 Å². The standard InChI is InChI=1S/C37H38N6O4S/c1-20-41-42-36(47-20)30-25(10-9-21-12-16-46-17-13-21)39-33-27-8-5-15-43(27)37(44)32(33)31(30)29-18-22-11-14-38-35(34(22)48-29)40-26-19-28(45-2)24-7-4-3-6-23(24)26/h3-4,6-7,11,14,18,21,26-28H,5,8-10,12-13,15-17,19H2,1-2H3,(H,38,40)/t26-,27-,28+/m1/s1.